The van der Waals surface area contributed by atoms with E-state index in [1.165, 1.54) is 0 Å². The Labute approximate surface area is 103 Å². The van der Waals surface area contributed by atoms with Gasteiger partial charge in [0.2, 0.25) is 0 Å². The fourth-order valence-electron chi connectivity index (χ4n) is 0. The molecule has 0 bridgehead atoms. The van der Waals surface area contributed by atoms with Crippen molar-refractivity contribution in [2.24, 2.45) is 5.73 Å². The zero-order chi connectivity index (χ0) is 5.41. The minimum Gasteiger partial charge on any atom is -0.382 e. The molecule has 0 amide bonds. The number of alkyl halides is 1. The van der Waals surface area contributed by atoms with Gasteiger partial charge in [0.15, 0.2) is 0 Å². The van der Waals surface area contributed by atoms with Crippen molar-refractivity contribution in [2.75, 3.05) is 12.8 Å². The van der Waals surface area contributed by atoms with E-state index < -0.39 is 0 Å². The summed E-state index contributed by atoms with van der Waals surface area (Å²) in [5.41, 5.74) is 4.40. The van der Waals surface area contributed by atoms with Gasteiger partial charge < -0.3 is 22.1 Å². The van der Waals surface area contributed by atoms with E-state index in [-0.39, 0.29) is 75.9 Å². The van der Waals surface area contributed by atoms with Crippen LogP contribution in [-0.4, -0.2) is 23.0 Å². The molecule has 11 heavy (non-hydrogen) atoms. The van der Waals surface area contributed by atoms with Gasteiger partial charge in [0, 0.05) is 42.1 Å². The molecule has 0 rings (SSSR count). The number of aliphatic hydroxyl groups is 2. The molecule has 0 aromatic carbocycles. The van der Waals surface area contributed by atoms with Crippen LogP contribution in [0.5, 0.6) is 0 Å². The van der Waals surface area contributed by atoms with Crippen LogP contribution in [0.3, 0.4) is 0 Å². The quantitative estimate of drug-likeness (QED) is 0.271. The maximum atomic E-state index is 7.35. The predicted octanol–water partition coefficient (Wildman–Crippen LogP) is 0.499. The Morgan fingerprint density at radius 2 is 1.09 bits per heavy atom. The van der Waals surface area contributed by atoms with E-state index in [0.717, 1.165) is 0 Å². The van der Waals surface area contributed by atoms with Crippen LogP contribution in [0.4, 0.5) is 0 Å². The van der Waals surface area contributed by atoms with Crippen LogP contribution in [-0.2, 0) is 42.1 Å². The first-order valence-electron chi connectivity index (χ1n) is 1.31. The molecule has 7 heteroatoms. The minimum atomic E-state index is -0.278. The van der Waals surface area contributed by atoms with Crippen molar-refractivity contribution in [1.82, 2.24) is 6.15 Å². The van der Waals surface area contributed by atoms with Crippen LogP contribution in [0.2, 0.25) is 0 Å². The number of rotatable bonds is 0. The van der Waals surface area contributed by atoms with Crippen LogP contribution < -0.4 is 11.9 Å². The molecule has 0 fully saturated rings. The summed E-state index contributed by atoms with van der Waals surface area (Å²) in [6.45, 7) is -0.250. The van der Waals surface area contributed by atoms with E-state index in [1.807, 2.05) is 0 Å². The van der Waals surface area contributed by atoms with Crippen molar-refractivity contribution in [3.8, 4) is 0 Å². The molecule has 0 saturated heterocycles. The Hall–Kier alpha value is 1.51. The Morgan fingerprint density at radius 1 is 1.09 bits per heavy atom. The van der Waals surface area contributed by atoms with Gasteiger partial charge >= 0.3 is 0 Å². The summed E-state index contributed by atoms with van der Waals surface area (Å²) in [4.78, 5) is 0. The molecule has 0 aliphatic heterocycles. The largest absolute Gasteiger partial charge is 0.382 e. The van der Waals surface area contributed by atoms with E-state index in [4.69, 9.17) is 10.2 Å². The Morgan fingerprint density at radius 3 is 1.09 bits per heavy atom. The number of halogens is 1. The third-order valence-electron chi connectivity index (χ3n) is 0. The zero-order valence-electron chi connectivity index (χ0n) is 4.79. The maximum Gasteiger partial charge on any atom is 0.117 e. The molecular weight excluding hydrogens is 511 g/mol. The van der Waals surface area contributed by atoms with Crippen molar-refractivity contribution in [1.29, 1.82) is 0 Å². The summed E-state index contributed by atoms with van der Waals surface area (Å²) in [6, 6.07) is -0.278. The summed E-state index contributed by atoms with van der Waals surface area (Å²) < 4.78 is 0. The smallest absolute Gasteiger partial charge is 0.117 e. The molecule has 0 spiro atoms. The number of nitrogens with two attached hydrogens (primary N) is 1. The molecule has 0 saturated carbocycles. The SMILES string of the molecule is C.C.N.NCO.OCCl.[W].[W]. The molecule has 76 valence electrons. The van der Waals surface area contributed by atoms with Gasteiger partial charge in [-0.25, -0.2) is 0 Å². The predicted molar refractivity (Wildman–Crippen MR) is 42.7 cm³/mol. The third kappa shape index (κ3) is 458. The standard InChI is InChI=1S/CH3ClO.CH5NO.2CH4.H3N.2W/c2*2-1-3;;;;;/h3H,1H2;3H,1-2H2;2*1H4;1H3;;. The summed E-state index contributed by atoms with van der Waals surface area (Å²) >= 11 is 4.55. The molecule has 0 aliphatic rings. The molecule has 0 aromatic rings. The Bertz CT molecular complexity index is 26.1. The first kappa shape index (κ1) is 54.6. The number of aliphatic hydroxyl groups excluding tert-OH is 2. The van der Waals surface area contributed by atoms with Gasteiger partial charge in [-0.2, -0.15) is 0 Å². The average Bonchev–Trinajstić information content (AvgIpc) is 1.39. The average molecular weight is 530 g/mol. The Kier molecular flexibility index (Phi) is 513. The second-order valence-corrected chi connectivity index (χ2v) is 0.541. The second-order valence-electron chi connectivity index (χ2n) is 0.302. The molecule has 0 heterocycles. The van der Waals surface area contributed by atoms with Crippen LogP contribution >= 0.6 is 11.6 Å². The second kappa shape index (κ2) is 103. The monoisotopic (exact) mass is 530 g/mol. The molecule has 0 unspecified atom stereocenters. The van der Waals surface area contributed by atoms with Gasteiger partial charge in [0.25, 0.3) is 0 Å². The van der Waals surface area contributed by atoms with Gasteiger partial charge in [0.05, 0.1) is 6.73 Å². The fraction of sp³-hybridized carbons (Fsp3) is 1.00. The number of hydrogen-bond donors (Lipinski definition) is 4. The van der Waals surface area contributed by atoms with Crippen molar-refractivity contribution < 1.29 is 52.3 Å². The fourth-order valence-corrected chi connectivity index (χ4v) is 0. The van der Waals surface area contributed by atoms with Crippen molar-refractivity contribution >= 4 is 11.6 Å². The zero-order valence-corrected chi connectivity index (χ0v) is 11.4. The molecule has 0 aliphatic carbocycles. The summed E-state index contributed by atoms with van der Waals surface area (Å²) in [7, 11) is 0. The summed E-state index contributed by atoms with van der Waals surface area (Å²) in [6.07, 6.45) is 0. The maximum absolute atomic E-state index is 7.35. The summed E-state index contributed by atoms with van der Waals surface area (Å²) in [5.74, 6) is 0. The van der Waals surface area contributed by atoms with Crippen LogP contribution in [0.25, 0.3) is 0 Å². The summed E-state index contributed by atoms with van der Waals surface area (Å²) in [5, 5.41) is 14.7. The van der Waals surface area contributed by atoms with Gasteiger partial charge in [-0.3, -0.25) is 0 Å². The van der Waals surface area contributed by atoms with Gasteiger partial charge in [0.1, 0.15) is 6.07 Å². The first-order valence-corrected chi connectivity index (χ1v) is 1.84. The molecule has 0 aromatic heterocycles. The van der Waals surface area contributed by atoms with Crippen LogP contribution in [0, 0.1) is 0 Å². The van der Waals surface area contributed by atoms with E-state index >= 15 is 0 Å². The molecule has 0 radical (unpaired) electrons. The van der Waals surface area contributed by atoms with E-state index in [2.05, 4.69) is 17.3 Å². The molecule has 0 atom stereocenters. The van der Waals surface area contributed by atoms with E-state index in [9.17, 15) is 0 Å². The Balaban J connectivity index is -0.00000000400. The van der Waals surface area contributed by atoms with Crippen molar-refractivity contribution in [3.63, 3.8) is 0 Å². The molecule has 4 nitrogen and oxygen atoms in total. The normalized spacial score (nSPS) is 3.27. The van der Waals surface area contributed by atoms with Gasteiger partial charge in [-0.05, 0) is 0 Å². The van der Waals surface area contributed by atoms with Gasteiger partial charge in [-0.15, -0.1) is 0 Å². The topological polar surface area (TPSA) is 101 Å². The molecule has 7 N–H and O–H groups in total. The number of hydrogen-bond acceptors (Lipinski definition) is 4. The van der Waals surface area contributed by atoms with Crippen molar-refractivity contribution in [2.45, 2.75) is 14.9 Å². The van der Waals surface area contributed by atoms with Crippen LogP contribution in [0.15, 0.2) is 0 Å². The van der Waals surface area contributed by atoms with Gasteiger partial charge in [-0.1, -0.05) is 26.5 Å². The van der Waals surface area contributed by atoms with Crippen molar-refractivity contribution in [3.05, 3.63) is 0 Å². The van der Waals surface area contributed by atoms with Crippen LogP contribution in [0.1, 0.15) is 14.9 Å². The molecular formula is C4H19ClN2O2W2. The minimum absolute atomic E-state index is 0. The first-order chi connectivity index (χ1) is 2.83. The van der Waals surface area contributed by atoms with E-state index in [1.54, 1.807) is 0 Å². The van der Waals surface area contributed by atoms with E-state index in [0.29, 0.717) is 0 Å². The third-order valence-corrected chi connectivity index (χ3v) is 0.